The van der Waals surface area contributed by atoms with E-state index in [0.29, 0.717) is 6.54 Å². The second-order valence-corrected chi connectivity index (χ2v) is 4.29. The number of rotatable bonds is 11. The lowest BCUT2D eigenvalue weighted by Gasteiger charge is -2.05. The van der Waals surface area contributed by atoms with Gasteiger partial charge in [-0.15, -0.1) is 0 Å². The first-order chi connectivity index (χ1) is 7.81. The molecule has 0 bridgehead atoms. The van der Waals surface area contributed by atoms with Crippen molar-refractivity contribution in [3.05, 3.63) is 0 Å². The zero-order valence-corrected chi connectivity index (χ0v) is 11.0. The van der Waals surface area contributed by atoms with Crippen LogP contribution in [0.4, 0.5) is 0 Å². The Morgan fingerprint density at radius 3 is 2.25 bits per heavy atom. The Morgan fingerprint density at radius 1 is 0.875 bits per heavy atom. The third kappa shape index (κ3) is 11.5. The quantitative estimate of drug-likeness (QED) is 0.533. The summed E-state index contributed by atoms with van der Waals surface area (Å²) >= 11 is 0. The number of hydrogen-bond donors (Lipinski definition) is 2. The third-order valence-corrected chi connectivity index (χ3v) is 2.56. The minimum atomic E-state index is 0.118. The average Bonchev–Trinajstić information content (AvgIpc) is 2.30. The summed E-state index contributed by atoms with van der Waals surface area (Å²) in [5.41, 5.74) is 0. The smallest absolute Gasteiger partial charge is 0.233 e. The van der Waals surface area contributed by atoms with Gasteiger partial charge in [-0.05, 0) is 19.4 Å². The topological polar surface area (TPSA) is 41.1 Å². The van der Waals surface area contributed by atoms with Gasteiger partial charge in [-0.1, -0.05) is 46.0 Å². The van der Waals surface area contributed by atoms with Crippen LogP contribution in [-0.2, 0) is 4.79 Å². The van der Waals surface area contributed by atoms with Crippen LogP contribution < -0.4 is 10.6 Å². The SMILES string of the molecule is CCCCCCCCNCC(=O)NCCC. The molecule has 0 saturated carbocycles. The zero-order valence-electron chi connectivity index (χ0n) is 11.0. The molecule has 0 aromatic rings. The lowest BCUT2D eigenvalue weighted by molar-refractivity contribution is -0.120. The van der Waals surface area contributed by atoms with Gasteiger partial charge in [0.1, 0.15) is 0 Å². The van der Waals surface area contributed by atoms with Gasteiger partial charge in [0.2, 0.25) is 5.91 Å². The van der Waals surface area contributed by atoms with Gasteiger partial charge in [0.25, 0.3) is 0 Å². The third-order valence-electron chi connectivity index (χ3n) is 2.56. The van der Waals surface area contributed by atoms with E-state index >= 15 is 0 Å². The van der Waals surface area contributed by atoms with E-state index in [1.165, 1.54) is 38.5 Å². The van der Waals surface area contributed by atoms with Gasteiger partial charge < -0.3 is 10.6 Å². The van der Waals surface area contributed by atoms with Gasteiger partial charge in [-0.3, -0.25) is 4.79 Å². The fourth-order valence-corrected chi connectivity index (χ4v) is 1.56. The van der Waals surface area contributed by atoms with E-state index in [9.17, 15) is 4.79 Å². The predicted octanol–water partition coefficient (Wildman–Crippen LogP) is 2.46. The summed E-state index contributed by atoms with van der Waals surface area (Å²) in [6.45, 7) is 6.51. The summed E-state index contributed by atoms with van der Waals surface area (Å²) in [7, 11) is 0. The summed E-state index contributed by atoms with van der Waals surface area (Å²) in [6, 6.07) is 0. The average molecular weight is 228 g/mol. The molecule has 1 amide bonds. The number of amides is 1. The molecule has 16 heavy (non-hydrogen) atoms. The maximum absolute atomic E-state index is 11.2. The van der Waals surface area contributed by atoms with E-state index in [2.05, 4.69) is 24.5 Å². The molecule has 0 spiro atoms. The van der Waals surface area contributed by atoms with Crippen LogP contribution in [-0.4, -0.2) is 25.5 Å². The predicted molar refractivity (Wildman–Crippen MR) is 69.5 cm³/mol. The summed E-state index contributed by atoms with van der Waals surface area (Å²) in [5.74, 6) is 0.118. The first-order valence-electron chi connectivity index (χ1n) is 6.78. The van der Waals surface area contributed by atoms with Crippen LogP contribution >= 0.6 is 0 Å². The van der Waals surface area contributed by atoms with Crippen LogP contribution in [0.1, 0.15) is 58.8 Å². The van der Waals surface area contributed by atoms with Gasteiger partial charge in [0.15, 0.2) is 0 Å². The lowest BCUT2D eigenvalue weighted by atomic mass is 10.1. The second-order valence-electron chi connectivity index (χ2n) is 4.29. The van der Waals surface area contributed by atoms with E-state index in [4.69, 9.17) is 0 Å². The van der Waals surface area contributed by atoms with Crippen molar-refractivity contribution in [2.75, 3.05) is 19.6 Å². The van der Waals surface area contributed by atoms with Gasteiger partial charge >= 0.3 is 0 Å². The molecule has 0 saturated heterocycles. The van der Waals surface area contributed by atoms with Crippen LogP contribution in [0, 0.1) is 0 Å². The molecule has 0 radical (unpaired) electrons. The number of nitrogens with one attached hydrogen (secondary N) is 2. The largest absolute Gasteiger partial charge is 0.355 e. The summed E-state index contributed by atoms with van der Waals surface area (Å²) in [4.78, 5) is 11.2. The Bertz CT molecular complexity index is 160. The lowest BCUT2D eigenvalue weighted by Crippen LogP contribution is -2.34. The molecule has 0 aromatic heterocycles. The molecular weight excluding hydrogens is 200 g/mol. The van der Waals surface area contributed by atoms with E-state index < -0.39 is 0 Å². The van der Waals surface area contributed by atoms with Gasteiger partial charge in [0.05, 0.1) is 6.54 Å². The molecule has 2 N–H and O–H groups in total. The van der Waals surface area contributed by atoms with Crippen molar-refractivity contribution in [1.29, 1.82) is 0 Å². The monoisotopic (exact) mass is 228 g/mol. The Kier molecular flexibility index (Phi) is 12.1. The molecule has 0 aromatic carbocycles. The molecule has 0 heterocycles. The van der Waals surface area contributed by atoms with E-state index in [-0.39, 0.29) is 5.91 Å². The Morgan fingerprint density at radius 2 is 1.56 bits per heavy atom. The standard InChI is InChI=1S/C13H28N2O/c1-3-5-6-7-8-9-11-14-12-13(16)15-10-4-2/h14H,3-12H2,1-2H3,(H,15,16). The molecule has 0 unspecified atom stereocenters. The maximum atomic E-state index is 11.2. The highest BCUT2D eigenvalue weighted by molar-refractivity contribution is 5.77. The first kappa shape index (κ1) is 15.4. The minimum absolute atomic E-state index is 0.118. The van der Waals surface area contributed by atoms with Crippen LogP contribution in [0.2, 0.25) is 0 Å². The van der Waals surface area contributed by atoms with Crippen molar-refractivity contribution in [3.63, 3.8) is 0 Å². The van der Waals surface area contributed by atoms with Gasteiger partial charge in [-0.2, -0.15) is 0 Å². The highest BCUT2D eigenvalue weighted by Crippen LogP contribution is 2.03. The minimum Gasteiger partial charge on any atom is -0.355 e. The van der Waals surface area contributed by atoms with Crippen LogP contribution in [0.5, 0.6) is 0 Å². The van der Waals surface area contributed by atoms with Crippen LogP contribution in [0.25, 0.3) is 0 Å². The summed E-state index contributed by atoms with van der Waals surface area (Å²) in [6.07, 6.45) is 8.81. The van der Waals surface area contributed by atoms with Gasteiger partial charge in [-0.25, -0.2) is 0 Å². The molecule has 3 nitrogen and oxygen atoms in total. The maximum Gasteiger partial charge on any atom is 0.233 e. The Balaban J connectivity index is 3.05. The van der Waals surface area contributed by atoms with Crippen molar-refractivity contribution in [2.24, 2.45) is 0 Å². The molecule has 0 rings (SSSR count). The number of carbonyl (C=O) groups is 1. The van der Waals surface area contributed by atoms with Crippen molar-refractivity contribution < 1.29 is 4.79 Å². The summed E-state index contributed by atoms with van der Waals surface area (Å²) < 4.78 is 0. The molecule has 0 atom stereocenters. The zero-order chi connectivity index (χ0) is 12.1. The normalized spacial score (nSPS) is 10.4. The highest BCUT2D eigenvalue weighted by Gasteiger charge is 1.97. The number of unbranched alkanes of at least 4 members (excludes halogenated alkanes) is 5. The fourth-order valence-electron chi connectivity index (χ4n) is 1.56. The highest BCUT2D eigenvalue weighted by atomic mass is 16.1. The Hall–Kier alpha value is -0.570. The van der Waals surface area contributed by atoms with Gasteiger partial charge in [0, 0.05) is 6.54 Å². The molecular formula is C13H28N2O. The first-order valence-corrected chi connectivity index (χ1v) is 6.78. The van der Waals surface area contributed by atoms with E-state index in [1.807, 2.05) is 0 Å². The van der Waals surface area contributed by atoms with E-state index in [0.717, 1.165) is 19.5 Å². The Labute approximate surface area is 100 Å². The van der Waals surface area contributed by atoms with E-state index in [1.54, 1.807) is 0 Å². The molecule has 0 aliphatic rings. The van der Waals surface area contributed by atoms with Crippen molar-refractivity contribution in [3.8, 4) is 0 Å². The van der Waals surface area contributed by atoms with Crippen molar-refractivity contribution >= 4 is 5.91 Å². The number of carbonyl (C=O) groups excluding carboxylic acids is 1. The molecule has 96 valence electrons. The van der Waals surface area contributed by atoms with Crippen molar-refractivity contribution in [2.45, 2.75) is 58.8 Å². The molecule has 0 fully saturated rings. The molecule has 0 aliphatic heterocycles. The summed E-state index contributed by atoms with van der Waals surface area (Å²) in [5, 5.41) is 6.02. The fraction of sp³-hybridized carbons (Fsp3) is 0.923. The number of hydrogen-bond acceptors (Lipinski definition) is 2. The second kappa shape index (κ2) is 12.5. The molecule has 0 aliphatic carbocycles. The molecule has 3 heteroatoms. The van der Waals surface area contributed by atoms with Crippen LogP contribution in [0.15, 0.2) is 0 Å². The van der Waals surface area contributed by atoms with Crippen LogP contribution in [0.3, 0.4) is 0 Å². The van der Waals surface area contributed by atoms with Crippen molar-refractivity contribution in [1.82, 2.24) is 10.6 Å².